The Kier molecular flexibility index (Phi) is 7.26. The Labute approximate surface area is 156 Å². The monoisotopic (exact) mass is 362 g/mol. The Morgan fingerprint density at radius 1 is 1.27 bits per heavy atom. The van der Waals surface area contributed by atoms with Gasteiger partial charge in [-0.2, -0.15) is 0 Å². The molecule has 1 aromatic rings. The minimum Gasteiger partial charge on any atom is -0.379 e. The highest BCUT2D eigenvalue weighted by molar-refractivity contribution is 5.80. The van der Waals surface area contributed by atoms with Crippen molar-refractivity contribution >= 4 is 5.96 Å². The molecule has 1 saturated carbocycles. The number of guanidine groups is 1. The van der Waals surface area contributed by atoms with Crippen molar-refractivity contribution in [2.75, 3.05) is 39.9 Å². The number of hydrogen-bond donors (Lipinski definition) is 2. The summed E-state index contributed by atoms with van der Waals surface area (Å²) in [6.07, 6.45) is 6.32. The van der Waals surface area contributed by atoms with Crippen LogP contribution in [0.5, 0.6) is 0 Å². The summed E-state index contributed by atoms with van der Waals surface area (Å²) in [5.74, 6) is 0.650. The highest BCUT2D eigenvalue weighted by Gasteiger charge is 2.23. The van der Waals surface area contributed by atoms with Crippen LogP contribution in [0.25, 0.3) is 0 Å². The lowest BCUT2D eigenvalue weighted by atomic mass is 9.96. The number of rotatable bonds is 5. The molecule has 6 heteroatoms. The molecule has 1 atom stereocenters. The molecule has 1 aromatic carbocycles. The van der Waals surface area contributed by atoms with Gasteiger partial charge in [0.15, 0.2) is 5.96 Å². The number of morpholine rings is 1. The molecule has 0 radical (unpaired) electrons. The summed E-state index contributed by atoms with van der Waals surface area (Å²) in [6, 6.07) is 7.52. The van der Waals surface area contributed by atoms with Crippen molar-refractivity contribution in [3.63, 3.8) is 0 Å². The number of benzene rings is 1. The van der Waals surface area contributed by atoms with E-state index in [1.807, 2.05) is 13.1 Å². The Bertz CT molecular complexity index is 583. The number of halogens is 1. The van der Waals surface area contributed by atoms with Crippen LogP contribution in [-0.4, -0.2) is 56.8 Å². The fourth-order valence-electron chi connectivity index (χ4n) is 3.89. The summed E-state index contributed by atoms with van der Waals surface area (Å²) in [7, 11) is 1.81. The van der Waals surface area contributed by atoms with Gasteiger partial charge in [-0.05, 0) is 30.5 Å². The first-order chi connectivity index (χ1) is 12.8. The number of hydrogen-bond acceptors (Lipinski definition) is 3. The van der Waals surface area contributed by atoms with Crippen molar-refractivity contribution in [1.29, 1.82) is 0 Å². The minimum absolute atomic E-state index is 0.0968. The van der Waals surface area contributed by atoms with Crippen LogP contribution in [0.1, 0.15) is 43.7 Å². The predicted molar refractivity (Wildman–Crippen MR) is 103 cm³/mol. The van der Waals surface area contributed by atoms with Crippen LogP contribution in [0.15, 0.2) is 29.3 Å². The standard InChI is InChI=1S/C20H31FN4O/c1-22-20(24-18-8-3-2-4-9-18)23-15-19(25-10-12-26-13-11-25)16-6-5-7-17(21)14-16/h5-7,14,18-19H,2-4,8-13,15H2,1H3,(H2,22,23,24). The maximum Gasteiger partial charge on any atom is 0.191 e. The number of nitrogens with zero attached hydrogens (tertiary/aromatic N) is 2. The van der Waals surface area contributed by atoms with E-state index in [1.165, 1.54) is 38.2 Å². The molecule has 2 N–H and O–H groups in total. The molecule has 1 saturated heterocycles. The Hall–Kier alpha value is -1.66. The van der Waals surface area contributed by atoms with Gasteiger partial charge in [-0.1, -0.05) is 31.4 Å². The SMILES string of the molecule is CN=C(NCC(c1cccc(F)c1)N1CCOCC1)NC1CCCCC1. The summed E-state index contributed by atoms with van der Waals surface area (Å²) in [5, 5.41) is 7.01. The van der Waals surface area contributed by atoms with Crippen LogP contribution in [-0.2, 0) is 4.74 Å². The topological polar surface area (TPSA) is 48.9 Å². The van der Waals surface area contributed by atoms with Gasteiger partial charge in [0.05, 0.1) is 19.3 Å². The van der Waals surface area contributed by atoms with E-state index >= 15 is 0 Å². The highest BCUT2D eigenvalue weighted by Crippen LogP contribution is 2.22. The summed E-state index contributed by atoms with van der Waals surface area (Å²) in [4.78, 5) is 6.75. The lowest BCUT2D eigenvalue weighted by Gasteiger charge is -2.35. The first-order valence-electron chi connectivity index (χ1n) is 9.80. The normalized spacial score (nSPS) is 21.4. The molecule has 1 aliphatic carbocycles. The second-order valence-corrected chi connectivity index (χ2v) is 7.15. The van der Waals surface area contributed by atoms with E-state index in [1.54, 1.807) is 12.1 Å². The first kappa shape index (κ1) is 19.1. The van der Waals surface area contributed by atoms with Crippen molar-refractivity contribution in [2.24, 2.45) is 4.99 Å². The average molecular weight is 362 g/mol. The van der Waals surface area contributed by atoms with Gasteiger partial charge in [0.2, 0.25) is 0 Å². The molecule has 1 heterocycles. The zero-order valence-corrected chi connectivity index (χ0v) is 15.7. The van der Waals surface area contributed by atoms with Crippen LogP contribution < -0.4 is 10.6 Å². The van der Waals surface area contributed by atoms with Crippen LogP contribution in [0.3, 0.4) is 0 Å². The van der Waals surface area contributed by atoms with Gasteiger partial charge < -0.3 is 15.4 Å². The zero-order chi connectivity index (χ0) is 18.2. The van der Waals surface area contributed by atoms with Crippen LogP contribution in [0.2, 0.25) is 0 Å². The Morgan fingerprint density at radius 2 is 2.04 bits per heavy atom. The number of ether oxygens (including phenoxy) is 1. The van der Waals surface area contributed by atoms with E-state index in [2.05, 4.69) is 20.5 Å². The number of aliphatic imine (C=N–C) groups is 1. The summed E-state index contributed by atoms with van der Waals surface area (Å²) >= 11 is 0. The third kappa shape index (κ3) is 5.42. The summed E-state index contributed by atoms with van der Waals surface area (Å²) in [6.45, 7) is 3.85. The average Bonchev–Trinajstić information content (AvgIpc) is 2.69. The molecular formula is C20H31FN4O. The van der Waals surface area contributed by atoms with E-state index in [4.69, 9.17) is 4.74 Å². The van der Waals surface area contributed by atoms with Gasteiger partial charge in [-0.15, -0.1) is 0 Å². The van der Waals surface area contributed by atoms with Crippen LogP contribution in [0, 0.1) is 5.82 Å². The zero-order valence-electron chi connectivity index (χ0n) is 15.7. The molecule has 5 nitrogen and oxygen atoms in total. The minimum atomic E-state index is -0.189. The molecule has 144 valence electrons. The number of nitrogens with one attached hydrogen (secondary N) is 2. The van der Waals surface area contributed by atoms with Gasteiger partial charge in [-0.25, -0.2) is 4.39 Å². The Balaban J connectivity index is 1.64. The maximum atomic E-state index is 13.8. The van der Waals surface area contributed by atoms with Gasteiger partial charge in [0, 0.05) is 32.7 Å². The van der Waals surface area contributed by atoms with Crippen molar-refractivity contribution in [2.45, 2.75) is 44.2 Å². The molecule has 1 unspecified atom stereocenters. The van der Waals surface area contributed by atoms with Gasteiger partial charge in [-0.3, -0.25) is 9.89 Å². The predicted octanol–water partition coefficient (Wildman–Crippen LogP) is 2.70. The third-order valence-corrected chi connectivity index (χ3v) is 5.35. The molecule has 2 fully saturated rings. The molecule has 3 rings (SSSR count). The molecular weight excluding hydrogens is 331 g/mol. The summed E-state index contributed by atoms with van der Waals surface area (Å²) in [5.41, 5.74) is 0.993. The van der Waals surface area contributed by atoms with Gasteiger partial charge in [0.1, 0.15) is 5.82 Å². The molecule has 0 amide bonds. The third-order valence-electron chi connectivity index (χ3n) is 5.35. The van der Waals surface area contributed by atoms with Crippen LogP contribution >= 0.6 is 0 Å². The maximum absolute atomic E-state index is 13.8. The van der Waals surface area contributed by atoms with Crippen molar-refractivity contribution < 1.29 is 9.13 Å². The quantitative estimate of drug-likeness (QED) is 0.625. The van der Waals surface area contributed by atoms with E-state index in [0.29, 0.717) is 12.6 Å². The molecule has 0 aromatic heterocycles. The lowest BCUT2D eigenvalue weighted by molar-refractivity contribution is 0.0169. The van der Waals surface area contributed by atoms with Crippen molar-refractivity contribution in [3.05, 3.63) is 35.6 Å². The molecule has 26 heavy (non-hydrogen) atoms. The summed E-state index contributed by atoms with van der Waals surface area (Å²) < 4.78 is 19.3. The fraction of sp³-hybridized carbons (Fsp3) is 0.650. The molecule has 2 aliphatic rings. The molecule has 0 bridgehead atoms. The first-order valence-corrected chi connectivity index (χ1v) is 9.80. The smallest absolute Gasteiger partial charge is 0.191 e. The fourth-order valence-corrected chi connectivity index (χ4v) is 3.89. The molecule has 0 spiro atoms. The van der Waals surface area contributed by atoms with E-state index in [9.17, 15) is 4.39 Å². The van der Waals surface area contributed by atoms with Crippen LogP contribution in [0.4, 0.5) is 4.39 Å². The molecule has 1 aliphatic heterocycles. The largest absolute Gasteiger partial charge is 0.379 e. The Morgan fingerprint density at radius 3 is 2.73 bits per heavy atom. The second-order valence-electron chi connectivity index (χ2n) is 7.15. The van der Waals surface area contributed by atoms with Gasteiger partial charge >= 0.3 is 0 Å². The second kappa shape index (κ2) is 9.88. The van der Waals surface area contributed by atoms with E-state index in [-0.39, 0.29) is 11.9 Å². The van der Waals surface area contributed by atoms with Crippen molar-refractivity contribution in [3.8, 4) is 0 Å². The van der Waals surface area contributed by atoms with E-state index in [0.717, 1.165) is 37.8 Å². The van der Waals surface area contributed by atoms with E-state index < -0.39 is 0 Å². The highest BCUT2D eigenvalue weighted by atomic mass is 19.1. The van der Waals surface area contributed by atoms with Crippen molar-refractivity contribution in [1.82, 2.24) is 15.5 Å². The van der Waals surface area contributed by atoms with Gasteiger partial charge in [0.25, 0.3) is 0 Å². The lowest BCUT2D eigenvalue weighted by Crippen LogP contribution is -2.48.